The van der Waals surface area contributed by atoms with Crippen LogP contribution in [0.1, 0.15) is 24.0 Å². The molecule has 0 spiro atoms. The number of halogens is 1. The third-order valence-electron chi connectivity index (χ3n) is 5.60. The summed E-state index contributed by atoms with van der Waals surface area (Å²) in [4.78, 5) is 25.8. The van der Waals surface area contributed by atoms with Crippen LogP contribution in [0, 0.1) is 5.41 Å². The second-order valence-electron chi connectivity index (χ2n) is 7.52. The number of hydrogen-bond donors (Lipinski definition) is 0. The third-order valence-corrected chi connectivity index (χ3v) is 7.35. The van der Waals surface area contributed by atoms with Crippen LogP contribution < -0.4 is 4.74 Å². The Kier molecular flexibility index (Phi) is 6.80. The van der Waals surface area contributed by atoms with Gasteiger partial charge in [-0.05, 0) is 62.5 Å². The van der Waals surface area contributed by atoms with Crippen LogP contribution in [0.4, 0.5) is 0 Å². The minimum Gasteiger partial charge on any atom is -0.496 e. The number of sulfone groups is 1. The van der Waals surface area contributed by atoms with Crippen LogP contribution in [0.3, 0.4) is 0 Å². The van der Waals surface area contributed by atoms with Gasteiger partial charge in [0.15, 0.2) is 15.3 Å². The summed E-state index contributed by atoms with van der Waals surface area (Å²) in [5, 5.41) is 0. The van der Waals surface area contributed by atoms with Gasteiger partial charge in [0.1, 0.15) is 5.75 Å². The third kappa shape index (κ3) is 4.31. The first-order valence-electron chi connectivity index (χ1n) is 9.60. The summed E-state index contributed by atoms with van der Waals surface area (Å²) >= 11 is 3.48. The first kappa shape index (κ1) is 24.0. The lowest BCUT2D eigenvalue weighted by atomic mass is 9.82. The molecule has 0 amide bonds. The zero-order valence-corrected chi connectivity index (χ0v) is 20.5. The van der Waals surface area contributed by atoms with E-state index in [2.05, 4.69) is 15.9 Å². The van der Waals surface area contributed by atoms with E-state index in [4.69, 9.17) is 14.2 Å². The molecule has 0 heterocycles. The van der Waals surface area contributed by atoms with Crippen molar-refractivity contribution in [2.45, 2.75) is 17.7 Å². The smallest absolute Gasteiger partial charge is 0.323 e. The molecule has 0 fully saturated rings. The van der Waals surface area contributed by atoms with E-state index in [0.717, 1.165) is 23.0 Å². The molecule has 0 bridgehead atoms. The van der Waals surface area contributed by atoms with Crippen LogP contribution >= 0.6 is 15.9 Å². The van der Waals surface area contributed by atoms with Crippen molar-refractivity contribution in [1.29, 1.82) is 0 Å². The standard InChI is InChI=1S/C23H23BrO7S/c1-29-20-10-7-15(11-19(20)24)18-13-23(21(25)30-2,22(26)31-3)12-17(18)14-5-8-16(9-6-14)32(4,27)28/h5-11H,12-13H2,1-4H3. The van der Waals surface area contributed by atoms with Crippen molar-refractivity contribution in [3.63, 3.8) is 0 Å². The second-order valence-corrected chi connectivity index (χ2v) is 10.4. The molecule has 0 unspecified atom stereocenters. The Morgan fingerprint density at radius 2 is 1.38 bits per heavy atom. The number of carbonyl (C=O) groups excluding carboxylic acids is 2. The largest absolute Gasteiger partial charge is 0.496 e. The van der Waals surface area contributed by atoms with Crippen molar-refractivity contribution < 1.29 is 32.2 Å². The summed E-state index contributed by atoms with van der Waals surface area (Å²) in [5.74, 6) is -0.729. The maximum absolute atomic E-state index is 12.8. The van der Waals surface area contributed by atoms with Crippen molar-refractivity contribution in [2.75, 3.05) is 27.6 Å². The number of esters is 2. The van der Waals surface area contributed by atoms with E-state index in [-0.39, 0.29) is 17.7 Å². The van der Waals surface area contributed by atoms with Crippen molar-refractivity contribution >= 4 is 48.9 Å². The van der Waals surface area contributed by atoms with Crippen LogP contribution in [0.2, 0.25) is 0 Å². The molecule has 9 heteroatoms. The molecule has 3 rings (SSSR count). The lowest BCUT2D eigenvalue weighted by molar-refractivity contribution is -0.167. The molecular weight excluding hydrogens is 500 g/mol. The van der Waals surface area contributed by atoms with E-state index in [1.165, 1.54) is 26.4 Å². The highest BCUT2D eigenvalue weighted by molar-refractivity contribution is 9.10. The Morgan fingerprint density at radius 1 is 0.875 bits per heavy atom. The van der Waals surface area contributed by atoms with Gasteiger partial charge in [-0.3, -0.25) is 9.59 Å². The van der Waals surface area contributed by atoms with E-state index in [1.54, 1.807) is 25.3 Å². The predicted octanol–water partition coefficient (Wildman–Crippen LogP) is 3.90. The van der Waals surface area contributed by atoms with Crippen molar-refractivity contribution in [3.8, 4) is 5.75 Å². The Hall–Kier alpha value is -2.65. The molecule has 0 N–H and O–H groups in total. The van der Waals surface area contributed by atoms with Gasteiger partial charge >= 0.3 is 11.9 Å². The van der Waals surface area contributed by atoms with Crippen molar-refractivity contribution in [3.05, 3.63) is 58.1 Å². The van der Waals surface area contributed by atoms with Crippen molar-refractivity contribution in [1.82, 2.24) is 0 Å². The topological polar surface area (TPSA) is 96.0 Å². The normalized spacial score (nSPS) is 15.4. The van der Waals surface area contributed by atoms with E-state index in [9.17, 15) is 18.0 Å². The molecule has 2 aromatic rings. The molecule has 0 aliphatic heterocycles. The highest BCUT2D eigenvalue weighted by atomic mass is 79.9. The monoisotopic (exact) mass is 522 g/mol. The van der Waals surface area contributed by atoms with E-state index < -0.39 is 27.2 Å². The quantitative estimate of drug-likeness (QED) is 0.419. The number of rotatable bonds is 6. The number of ether oxygens (including phenoxy) is 3. The Bertz CT molecular complexity index is 1180. The average Bonchev–Trinajstić information content (AvgIpc) is 3.19. The molecule has 0 atom stereocenters. The number of hydrogen-bond acceptors (Lipinski definition) is 7. The summed E-state index contributed by atoms with van der Waals surface area (Å²) in [6.45, 7) is 0. The maximum atomic E-state index is 12.8. The number of benzene rings is 2. The summed E-state index contributed by atoms with van der Waals surface area (Å²) in [5.41, 5.74) is 1.45. The van der Waals surface area contributed by atoms with Gasteiger partial charge in [0.2, 0.25) is 0 Å². The fourth-order valence-corrected chi connectivity index (χ4v) is 5.12. The molecule has 0 aromatic heterocycles. The Morgan fingerprint density at radius 3 is 1.81 bits per heavy atom. The predicted molar refractivity (Wildman–Crippen MR) is 123 cm³/mol. The molecule has 170 valence electrons. The van der Waals surface area contributed by atoms with Gasteiger partial charge in [0.25, 0.3) is 0 Å². The van der Waals surface area contributed by atoms with Crippen LogP contribution in [0.5, 0.6) is 5.75 Å². The Balaban J connectivity index is 2.20. The fraction of sp³-hybridized carbons (Fsp3) is 0.304. The van der Waals surface area contributed by atoms with E-state index >= 15 is 0 Å². The molecule has 32 heavy (non-hydrogen) atoms. The molecular formula is C23H23BrO7S. The van der Waals surface area contributed by atoms with Gasteiger partial charge in [0.05, 0.1) is 30.7 Å². The van der Waals surface area contributed by atoms with Crippen LogP contribution in [0.15, 0.2) is 51.8 Å². The lowest BCUT2D eigenvalue weighted by Gasteiger charge is -2.23. The molecule has 1 aliphatic rings. The van der Waals surface area contributed by atoms with Gasteiger partial charge in [0, 0.05) is 19.1 Å². The van der Waals surface area contributed by atoms with E-state index in [1.807, 2.05) is 12.1 Å². The highest BCUT2D eigenvalue weighted by Gasteiger charge is 2.53. The summed E-state index contributed by atoms with van der Waals surface area (Å²) in [6, 6.07) is 11.8. The SMILES string of the molecule is COC(=O)C1(C(=O)OC)CC(c2ccc(S(C)(=O)=O)cc2)=C(c2ccc(OC)c(Br)c2)C1. The number of carbonyl (C=O) groups is 2. The minimum absolute atomic E-state index is 0.0591. The number of methoxy groups -OCH3 is 3. The average molecular weight is 523 g/mol. The van der Waals surface area contributed by atoms with Crippen LogP contribution in [-0.4, -0.2) is 47.9 Å². The first-order chi connectivity index (χ1) is 15.1. The van der Waals surface area contributed by atoms with Gasteiger partial charge < -0.3 is 14.2 Å². The molecule has 0 radical (unpaired) electrons. The zero-order chi connectivity index (χ0) is 23.7. The summed E-state index contributed by atoms with van der Waals surface area (Å²) in [6.07, 6.45) is 1.27. The van der Waals surface area contributed by atoms with Crippen LogP contribution in [0.25, 0.3) is 11.1 Å². The fourth-order valence-electron chi connectivity index (χ4n) is 3.95. The maximum Gasteiger partial charge on any atom is 0.323 e. The minimum atomic E-state index is -3.36. The summed E-state index contributed by atoms with van der Waals surface area (Å²) in [7, 11) is 0.658. The van der Waals surface area contributed by atoms with Gasteiger partial charge in [-0.15, -0.1) is 0 Å². The van der Waals surface area contributed by atoms with E-state index in [0.29, 0.717) is 15.8 Å². The molecule has 0 saturated heterocycles. The molecule has 7 nitrogen and oxygen atoms in total. The summed E-state index contributed by atoms with van der Waals surface area (Å²) < 4.78 is 39.7. The van der Waals surface area contributed by atoms with Gasteiger partial charge in [-0.1, -0.05) is 18.2 Å². The zero-order valence-electron chi connectivity index (χ0n) is 18.1. The highest BCUT2D eigenvalue weighted by Crippen LogP contribution is 2.52. The lowest BCUT2D eigenvalue weighted by Crippen LogP contribution is -2.39. The van der Waals surface area contributed by atoms with Gasteiger partial charge in [-0.2, -0.15) is 0 Å². The molecule has 0 saturated carbocycles. The Labute approximate surface area is 195 Å². The van der Waals surface area contributed by atoms with Crippen LogP contribution in [-0.2, 0) is 28.9 Å². The molecule has 2 aromatic carbocycles. The second kappa shape index (κ2) is 9.07. The van der Waals surface area contributed by atoms with Crippen molar-refractivity contribution in [2.24, 2.45) is 5.41 Å². The molecule has 1 aliphatic carbocycles. The first-order valence-corrected chi connectivity index (χ1v) is 12.3. The number of allylic oxidation sites excluding steroid dienone is 2. The van der Waals surface area contributed by atoms with Gasteiger partial charge in [-0.25, -0.2) is 8.42 Å².